The minimum absolute atomic E-state index is 0.0820. The van der Waals surface area contributed by atoms with Crippen molar-refractivity contribution < 1.29 is 19.4 Å². The third-order valence-electron chi connectivity index (χ3n) is 3.92. The molecule has 0 saturated heterocycles. The SMILES string of the molecule is COc1c(I)cc(C(=O)Nc2csc(-c3ccc(Br)cc3)c2C(=O)O)c(I)c1I. The lowest BCUT2D eigenvalue weighted by Gasteiger charge is -2.13. The van der Waals surface area contributed by atoms with E-state index in [0.717, 1.165) is 20.7 Å². The average Bonchev–Trinajstić information content (AvgIpc) is 3.09. The molecular formula is C19H11BrI3NO4S. The molecule has 1 amide bonds. The number of methoxy groups -OCH3 is 1. The van der Waals surface area contributed by atoms with E-state index in [-0.39, 0.29) is 17.2 Å². The van der Waals surface area contributed by atoms with Crippen LogP contribution in [0, 0.1) is 10.7 Å². The number of carboxylic acids is 1. The molecule has 3 aromatic rings. The summed E-state index contributed by atoms with van der Waals surface area (Å²) in [5.74, 6) is -0.741. The number of rotatable bonds is 5. The summed E-state index contributed by atoms with van der Waals surface area (Å²) in [5.41, 5.74) is 1.60. The Labute approximate surface area is 220 Å². The molecule has 0 aliphatic heterocycles. The van der Waals surface area contributed by atoms with Gasteiger partial charge in [0.1, 0.15) is 11.3 Å². The van der Waals surface area contributed by atoms with Gasteiger partial charge in [0.05, 0.1) is 30.4 Å². The number of carbonyl (C=O) groups is 2. The van der Waals surface area contributed by atoms with E-state index in [1.165, 1.54) is 11.3 Å². The van der Waals surface area contributed by atoms with Crippen LogP contribution in [0.15, 0.2) is 40.2 Å². The maximum absolute atomic E-state index is 12.9. The maximum Gasteiger partial charge on any atom is 0.339 e. The van der Waals surface area contributed by atoms with Crippen molar-refractivity contribution in [2.75, 3.05) is 12.4 Å². The number of thiophene rings is 1. The molecule has 0 aliphatic rings. The second kappa shape index (κ2) is 9.78. The van der Waals surface area contributed by atoms with Crippen LogP contribution >= 0.6 is 95.0 Å². The van der Waals surface area contributed by atoms with Crippen LogP contribution in [0.2, 0.25) is 0 Å². The van der Waals surface area contributed by atoms with Crippen LogP contribution in [0.4, 0.5) is 5.69 Å². The van der Waals surface area contributed by atoms with Gasteiger partial charge in [-0.3, -0.25) is 4.79 Å². The molecule has 0 spiro atoms. The van der Waals surface area contributed by atoms with Gasteiger partial charge in [-0.05, 0) is 91.5 Å². The van der Waals surface area contributed by atoms with Gasteiger partial charge in [-0.1, -0.05) is 28.1 Å². The highest BCUT2D eigenvalue weighted by atomic mass is 127. The molecule has 0 atom stereocenters. The van der Waals surface area contributed by atoms with Crippen LogP contribution in [0.1, 0.15) is 20.7 Å². The van der Waals surface area contributed by atoms with Crippen molar-refractivity contribution in [2.45, 2.75) is 0 Å². The molecule has 0 radical (unpaired) electrons. The molecule has 5 nitrogen and oxygen atoms in total. The van der Waals surface area contributed by atoms with Crippen molar-refractivity contribution >= 4 is 113 Å². The monoisotopic (exact) mass is 809 g/mol. The summed E-state index contributed by atoms with van der Waals surface area (Å²) >= 11 is 11.0. The Kier molecular flexibility index (Phi) is 7.83. The first-order chi connectivity index (χ1) is 13.7. The lowest BCUT2D eigenvalue weighted by atomic mass is 10.1. The number of aromatic carboxylic acids is 1. The third kappa shape index (κ3) is 4.91. The molecule has 1 aromatic heterocycles. The Morgan fingerprint density at radius 1 is 1.14 bits per heavy atom. The average molecular weight is 810 g/mol. The van der Waals surface area contributed by atoms with E-state index >= 15 is 0 Å². The van der Waals surface area contributed by atoms with Crippen LogP contribution in [-0.4, -0.2) is 24.1 Å². The summed E-state index contributed by atoms with van der Waals surface area (Å²) in [6.07, 6.45) is 0. The number of hydrogen-bond acceptors (Lipinski definition) is 4. The van der Waals surface area contributed by atoms with Crippen LogP contribution < -0.4 is 10.1 Å². The highest BCUT2D eigenvalue weighted by Gasteiger charge is 2.24. The van der Waals surface area contributed by atoms with Crippen LogP contribution in [0.5, 0.6) is 5.75 Å². The number of nitrogens with one attached hydrogen (secondary N) is 1. The number of amides is 1. The van der Waals surface area contributed by atoms with E-state index in [1.807, 2.05) is 24.3 Å². The molecule has 0 fully saturated rings. The van der Waals surface area contributed by atoms with Gasteiger partial charge in [-0.2, -0.15) is 0 Å². The lowest BCUT2D eigenvalue weighted by Crippen LogP contribution is -2.16. The van der Waals surface area contributed by atoms with Crippen molar-refractivity contribution in [3.63, 3.8) is 0 Å². The molecule has 3 rings (SSSR count). The molecule has 0 unspecified atom stereocenters. The predicted octanol–water partition coefficient (Wildman–Crippen LogP) is 6.95. The van der Waals surface area contributed by atoms with Crippen molar-refractivity contribution in [1.29, 1.82) is 0 Å². The first-order valence-electron chi connectivity index (χ1n) is 7.88. The molecule has 1 heterocycles. The molecule has 29 heavy (non-hydrogen) atoms. The van der Waals surface area contributed by atoms with Gasteiger partial charge >= 0.3 is 5.97 Å². The Balaban J connectivity index is 2.00. The Hall–Kier alpha value is -0.450. The van der Waals surface area contributed by atoms with E-state index in [9.17, 15) is 14.7 Å². The second-order valence-electron chi connectivity index (χ2n) is 5.69. The summed E-state index contributed by atoms with van der Waals surface area (Å²) in [7, 11) is 1.59. The van der Waals surface area contributed by atoms with Gasteiger partial charge in [0.15, 0.2) is 0 Å². The molecule has 0 aliphatic carbocycles. The summed E-state index contributed by atoms with van der Waals surface area (Å²) in [4.78, 5) is 25.5. The molecule has 0 bridgehead atoms. The quantitative estimate of drug-likeness (QED) is 0.216. The Morgan fingerprint density at radius 2 is 1.79 bits per heavy atom. The van der Waals surface area contributed by atoms with Crippen molar-refractivity contribution in [3.8, 4) is 16.2 Å². The van der Waals surface area contributed by atoms with Crippen LogP contribution in [0.3, 0.4) is 0 Å². The number of carboxylic acid groups (broad SMARTS) is 1. The third-order valence-corrected chi connectivity index (χ3v) is 9.47. The molecular weight excluding hydrogens is 799 g/mol. The fourth-order valence-corrected chi connectivity index (χ4v) is 6.62. The predicted molar refractivity (Wildman–Crippen MR) is 144 cm³/mol. The van der Waals surface area contributed by atoms with Crippen molar-refractivity contribution in [1.82, 2.24) is 0 Å². The van der Waals surface area contributed by atoms with E-state index < -0.39 is 5.97 Å². The van der Waals surface area contributed by atoms with Gasteiger partial charge < -0.3 is 15.2 Å². The number of halogens is 4. The topological polar surface area (TPSA) is 75.6 Å². The molecule has 150 valence electrons. The number of anilines is 1. The second-order valence-corrected chi connectivity index (χ2v) is 10.8. The zero-order chi connectivity index (χ0) is 21.3. The summed E-state index contributed by atoms with van der Waals surface area (Å²) in [6, 6.07) is 9.11. The molecule has 0 saturated carbocycles. The maximum atomic E-state index is 12.9. The summed E-state index contributed by atoms with van der Waals surface area (Å²) < 4.78 is 8.68. The highest BCUT2D eigenvalue weighted by Crippen LogP contribution is 2.38. The standard InChI is InChI=1S/C19H11BrI3NO4S/c1-28-16-11(21)6-10(14(22)15(16)23)18(25)24-12-7-29-17(13(12)19(26)27)8-2-4-9(20)5-3-8/h2-7H,1H3,(H,24,25)(H,26,27). The van der Waals surface area contributed by atoms with Crippen molar-refractivity contribution in [3.05, 3.63) is 62.0 Å². The normalized spacial score (nSPS) is 10.7. The molecule has 10 heteroatoms. The van der Waals surface area contributed by atoms with Crippen LogP contribution in [-0.2, 0) is 0 Å². The van der Waals surface area contributed by atoms with E-state index in [4.69, 9.17) is 4.74 Å². The van der Waals surface area contributed by atoms with Gasteiger partial charge in [-0.25, -0.2) is 4.79 Å². The fourth-order valence-electron chi connectivity index (χ4n) is 2.60. The number of carbonyl (C=O) groups excluding carboxylic acids is 1. The largest absolute Gasteiger partial charge is 0.494 e. The van der Waals surface area contributed by atoms with Crippen LogP contribution in [0.25, 0.3) is 10.4 Å². The van der Waals surface area contributed by atoms with E-state index in [1.54, 1.807) is 18.6 Å². The molecule has 2 aromatic carbocycles. The van der Waals surface area contributed by atoms with E-state index in [0.29, 0.717) is 16.2 Å². The zero-order valence-electron chi connectivity index (χ0n) is 14.6. The summed E-state index contributed by atoms with van der Waals surface area (Å²) in [5, 5.41) is 14.2. The van der Waals surface area contributed by atoms with Gasteiger partial charge in [-0.15, -0.1) is 11.3 Å². The van der Waals surface area contributed by atoms with Gasteiger partial charge in [0, 0.05) is 13.4 Å². The summed E-state index contributed by atoms with van der Waals surface area (Å²) in [6.45, 7) is 0. The smallest absolute Gasteiger partial charge is 0.339 e. The minimum Gasteiger partial charge on any atom is -0.494 e. The van der Waals surface area contributed by atoms with E-state index in [2.05, 4.69) is 89.0 Å². The van der Waals surface area contributed by atoms with Crippen molar-refractivity contribution in [2.24, 2.45) is 0 Å². The first-order valence-corrected chi connectivity index (χ1v) is 12.8. The number of ether oxygens (including phenoxy) is 1. The first kappa shape index (κ1) is 23.2. The van der Waals surface area contributed by atoms with Gasteiger partial charge in [0.25, 0.3) is 5.91 Å². The fraction of sp³-hybridized carbons (Fsp3) is 0.0526. The Bertz CT molecular complexity index is 1120. The number of hydrogen-bond donors (Lipinski definition) is 2. The highest BCUT2D eigenvalue weighted by molar-refractivity contribution is 14.1. The molecule has 2 N–H and O–H groups in total. The zero-order valence-corrected chi connectivity index (χ0v) is 23.4. The lowest BCUT2D eigenvalue weighted by molar-refractivity contribution is 0.0699. The minimum atomic E-state index is -1.09. The van der Waals surface area contributed by atoms with Gasteiger partial charge in [0.2, 0.25) is 0 Å². The number of benzene rings is 2. The Morgan fingerprint density at radius 3 is 2.38 bits per heavy atom.